The van der Waals surface area contributed by atoms with Gasteiger partial charge in [0, 0.05) is 10.6 Å². The number of carbonyl (C=O) groups excluding carboxylic acids is 2. The van der Waals surface area contributed by atoms with Gasteiger partial charge in [-0.25, -0.2) is 0 Å². The van der Waals surface area contributed by atoms with E-state index in [-0.39, 0.29) is 18.4 Å². The molecule has 2 amide bonds. The maximum absolute atomic E-state index is 13.1. The molecule has 0 bridgehead atoms. The number of carbonyl (C=O) groups is 2. The summed E-state index contributed by atoms with van der Waals surface area (Å²) >= 11 is 8.36. The fourth-order valence-corrected chi connectivity index (χ4v) is 5.28. The lowest BCUT2D eigenvalue weighted by Crippen LogP contribution is -2.27. The molecular formula is C27H24N2O4S3. The number of hydrogen-bond acceptors (Lipinski definition) is 7. The van der Waals surface area contributed by atoms with Crippen molar-refractivity contribution >= 4 is 69.3 Å². The number of aryl methyl sites for hydroxylation is 1. The van der Waals surface area contributed by atoms with E-state index >= 15 is 0 Å². The van der Waals surface area contributed by atoms with Crippen LogP contribution in [0.5, 0.6) is 11.5 Å². The van der Waals surface area contributed by atoms with Crippen LogP contribution >= 0.6 is 35.7 Å². The molecule has 1 N–H and O–H groups in total. The van der Waals surface area contributed by atoms with Crippen LogP contribution < -0.4 is 19.7 Å². The van der Waals surface area contributed by atoms with Crippen molar-refractivity contribution in [2.45, 2.75) is 11.8 Å². The Kier molecular flexibility index (Phi) is 8.35. The Hall–Kier alpha value is -3.27. The molecule has 4 rings (SSSR count). The highest BCUT2D eigenvalue weighted by Crippen LogP contribution is 2.38. The number of nitrogens with zero attached hydrogens (tertiary/aromatic N) is 1. The zero-order valence-corrected chi connectivity index (χ0v) is 22.4. The third-order valence-corrected chi connectivity index (χ3v) is 7.40. The lowest BCUT2D eigenvalue weighted by molar-refractivity contribution is -0.118. The third kappa shape index (κ3) is 5.92. The van der Waals surface area contributed by atoms with Gasteiger partial charge in [0.2, 0.25) is 0 Å². The molecule has 36 heavy (non-hydrogen) atoms. The van der Waals surface area contributed by atoms with E-state index in [1.165, 1.54) is 18.9 Å². The molecule has 0 aliphatic carbocycles. The number of rotatable bonds is 8. The predicted octanol–water partition coefficient (Wildman–Crippen LogP) is 6.15. The Labute approximate surface area is 224 Å². The van der Waals surface area contributed by atoms with Crippen molar-refractivity contribution < 1.29 is 19.1 Å². The zero-order valence-electron chi connectivity index (χ0n) is 19.9. The number of thioether (sulfide) groups is 2. The Morgan fingerprint density at radius 2 is 1.92 bits per heavy atom. The zero-order chi connectivity index (χ0) is 25.7. The van der Waals surface area contributed by atoms with Crippen LogP contribution in [0.25, 0.3) is 6.08 Å². The van der Waals surface area contributed by atoms with Gasteiger partial charge < -0.3 is 14.8 Å². The molecule has 0 unspecified atom stereocenters. The van der Waals surface area contributed by atoms with E-state index in [4.69, 9.17) is 21.7 Å². The third-order valence-electron chi connectivity index (χ3n) is 5.37. The van der Waals surface area contributed by atoms with Gasteiger partial charge >= 0.3 is 0 Å². The van der Waals surface area contributed by atoms with Crippen molar-refractivity contribution in [2.75, 3.05) is 30.2 Å². The fourth-order valence-electron chi connectivity index (χ4n) is 3.53. The van der Waals surface area contributed by atoms with E-state index in [1.54, 1.807) is 40.9 Å². The van der Waals surface area contributed by atoms with Gasteiger partial charge in [0.25, 0.3) is 11.8 Å². The van der Waals surface area contributed by atoms with Gasteiger partial charge in [0.1, 0.15) is 0 Å². The van der Waals surface area contributed by atoms with E-state index < -0.39 is 0 Å². The first-order valence-electron chi connectivity index (χ1n) is 11.0. The normalized spacial score (nSPS) is 14.3. The van der Waals surface area contributed by atoms with Gasteiger partial charge in [-0.05, 0) is 66.8 Å². The van der Waals surface area contributed by atoms with Gasteiger partial charge in [-0.2, -0.15) is 0 Å². The molecule has 0 saturated carbocycles. The molecule has 0 radical (unpaired) electrons. The van der Waals surface area contributed by atoms with E-state index in [0.29, 0.717) is 20.7 Å². The fraction of sp³-hybridized carbons (Fsp3) is 0.148. The van der Waals surface area contributed by atoms with Crippen molar-refractivity contribution in [3.8, 4) is 11.5 Å². The summed E-state index contributed by atoms with van der Waals surface area (Å²) in [6.07, 6.45) is 3.76. The predicted molar refractivity (Wildman–Crippen MR) is 152 cm³/mol. The van der Waals surface area contributed by atoms with Crippen LogP contribution in [0, 0.1) is 6.92 Å². The molecule has 3 aromatic rings. The standard InChI is InChI=1S/C27H24N2O4S3/c1-17-7-4-5-10-21(17)28-25(30)16-33-22-12-11-18(13-23(22)32-2)14-24-26(31)29(27(34)36-24)19-8-6-9-20(15-19)35-3/h4-15H,16H2,1-3H3,(H,28,30)/b24-14-. The Balaban J connectivity index is 1.46. The molecule has 1 aliphatic heterocycles. The highest BCUT2D eigenvalue weighted by Gasteiger charge is 2.33. The van der Waals surface area contributed by atoms with Crippen molar-refractivity contribution in [1.82, 2.24) is 0 Å². The molecular weight excluding hydrogens is 513 g/mol. The minimum atomic E-state index is -0.273. The molecule has 0 spiro atoms. The largest absolute Gasteiger partial charge is 0.493 e. The number of ether oxygens (including phenoxy) is 2. The topological polar surface area (TPSA) is 67.9 Å². The van der Waals surface area contributed by atoms with Crippen LogP contribution in [-0.2, 0) is 9.59 Å². The maximum atomic E-state index is 13.1. The second-order valence-corrected chi connectivity index (χ2v) is 10.3. The van der Waals surface area contributed by atoms with Crippen molar-refractivity contribution in [1.29, 1.82) is 0 Å². The Bertz CT molecular complexity index is 1360. The van der Waals surface area contributed by atoms with Crippen molar-refractivity contribution in [2.24, 2.45) is 0 Å². The number of anilines is 2. The van der Waals surface area contributed by atoms with E-state index in [9.17, 15) is 9.59 Å². The maximum Gasteiger partial charge on any atom is 0.270 e. The average Bonchev–Trinajstić information content (AvgIpc) is 3.16. The number of hydrogen-bond donors (Lipinski definition) is 1. The molecule has 3 aromatic carbocycles. The summed E-state index contributed by atoms with van der Waals surface area (Å²) in [5.74, 6) is 0.437. The molecule has 1 aliphatic rings. The number of thiocarbonyl (C=S) groups is 1. The van der Waals surface area contributed by atoms with Crippen LogP contribution in [0.15, 0.2) is 76.5 Å². The molecule has 184 valence electrons. The van der Waals surface area contributed by atoms with Crippen molar-refractivity contribution in [3.63, 3.8) is 0 Å². The quantitative estimate of drug-likeness (QED) is 0.210. The van der Waals surface area contributed by atoms with Crippen LogP contribution in [0.4, 0.5) is 11.4 Å². The molecule has 1 fully saturated rings. The monoisotopic (exact) mass is 536 g/mol. The second kappa shape index (κ2) is 11.6. The highest BCUT2D eigenvalue weighted by molar-refractivity contribution is 8.27. The molecule has 1 heterocycles. The minimum Gasteiger partial charge on any atom is -0.493 e. The summed E-state index contributed by atoms with van der Waals surface area (Å²) in [7, 11) is 1.53. The number of nitrogens with one attached hydrogen (secondary N) is 1. The van der Waals surface area contributed by atoms with Crippen molar-refractivity contribution in [3.05, 3.63) is 82.8 Å². The molecule has 1 saturated heterocycles. The van der Waals surface area contributed by atoms with Gasteiger partial charge in [0.15, 0.2) is 22.4 Å². The van der Waals surface area contributed by atoms with Gasteiger partial charge in [0.05, 0.1) is 17.7 Å². The van der Waals surface area contributed by atoms with E-state index in [1.807, 2.05) is 61.7 Å². The molecule has 9 heteroatoms. The highest BCUT2D eigenvalue weighted by atomic mass is 32.2. The summed E-state index contributed by atoms with van der Waals surface area (Å²) in [5, 5.41) is 2.84. The summed E-state index contributed by atoms with van der Waals surface area (Å²) < 4.78 is 11.7. The SMILES string of the molecule is COc1cc(/C=C2\SC(=S)N(c3cccc(SC)c3)C2=O)ccc1OCC(=O)Nc1ccccc1C. The summed E-state index contributed by atoms with van der Waals surface area (Å²) in [6.45, 7) is 1.76. The van der Waals surface area contributed by atoms with E-state index in [0.717, 1.165) is 27.4 Å². The van der Waals surface area contributed by atoms with Gasteiger partial charge in [-0.15, -0.1) is 11.8 Å². The van der Waals surface area contributed by atoms with E-state index in [2.05, 4.69) is 5.32 Å². The van der Waals surface area contributed by atoms with Crippen LogP contribution in [0.3, 0.4) is 0 Å². The van der Waals surface area contributed by atoms with Gasteiger partial charge in [-0.1, -0.05) is 54.3 Å². The summed E-state index contributed by atoms with van der Waals surface area (Å²) in [6, 6.07) is 20.5. The second-order valence-electron chi connectivity index (χ2n) is 7.78. The Morgan fingerprint density at radius 3 is 2.67 bits per heavy atom. The molecule has 6 nitrogen and oxygen atoms in total. The number of para-hydroxylation sites is 1. The van der Waals surface area contributed by atoms with Crippen LogP contribution in [0.1, 0.15) is 11.1 Å². The number of methoxy groups -OCH3 is 1. The summed E-state index contributed by atoms with van der Waals surface area (Å²) in [4.78, 5) is 28.6. The average molecular weight is 537 g/mol. The van der Waals surface area contributed by atoms with Gasteiger partial charge in [-0.3, -0.25) is 14.5 Å². The first kappa shape index (κ1) is 25.8. The first-order chi connectivity index (χ1) is 17.4. The first-order valence-corrected chi connectivity index (χ1v) is 13.4. The smallest absolute Gasteiger partial charge is 0.270 e. The Morgan fingerprint density at radius 1 is 1.11 bits per heavy atom. The molecule has 0 aromatic heterocycles. The van der Waals surface area contributed by atoms with Crippen LogP contribution in [-0.4, -0.2) is 36.1 Å². The molecule has 0 atom stereocenters. The van der Waals surface area contributed by atoms with Crippen LogP contribution in [0.2, 0.25) is 0 Å². The lowest BCUT2D eigenvalue weighted by atomic mass is 10.1. The number of amides is 2. The lowest BCUT2D eigenvalue weighted by Gasteiger charge is -2.15. The minimum absolute atomic E-state index is 0.169. The number of benzene rings is 3. The summed E-state index contributed by atoms with van der Waals surface area (Å²) in [5.41, 5.74) is 3.21.